The maximum atomic E-state index is 15.3. The zero-order valence-electron chi connectivity index (χ0n) is 24.2. The van der Waals surface area contributed by atoms with Crippen LogP contribution in [0, 0.1) is 5.92 Å². The normalized spacial score (nSPS) is 32.5. The lowest BCUT2D eigenvalue weighted by atomic mass is 9.74. The third-order valence-corrected chi connectivity index (χ3v) is 10.8. The van der Waals surface area contributed by atoms with Gasteiger partial charge in [-0.15, -0.1) is 11.8 Å². The fraction of sp³-hybridized carbons (Fsp3) is 0.586. The Balaban J connectivity index is 1.57. The van der Waals surface area contributed by atoms with Gasteiger partial charge in [-0.3, -0.25) is 14.4 Å². The molecule has 226 valence electrons. The number of primary amides is 1. The molecule has 1 spiro atoms. The summed E-state index contributed by atoms with van der Waals surface area (Å²) < 4.78 is 22.5. The molecule has 0 aromatic heterocycles. The average molecular weight is 601 g/mol. The third kappa shape index (κ3) is 3.76. The second-order valence-corrected chi connectivity index (χ2v) is 12.5. The number of amides is 2. The molecule has 2 N–H and O–H groups in total. The van der Waals surface area contributed by atoms with E-state index in [0.29, 0.717) is 13.1 Å². The minimum atomic E-state index is -1.94. The van der Waals surface area contributed by atoms with Crippen LogP contribution in [0.5, 0.6) is 0 Å². The van der Waals surface area contributed by atoms with Gasteiger partial charge in [0.05, 0.1) is 30.9 Å². The van der Waals surface area contributed by atoms with Crippen molar-refractivity contribution in [2.75, 3.05) is 53.1 Å². The molecule has 0 bridgehead atoms. The fourth-order valence-electron chi connectivity index (χ4n) is 7.54. The molecule has 5 atom stereocenters. The second-order valence-electron chi connectivity index (χ2n) is 11.1. The molecule has 13 heteroatoms. The van der Waals surface area contributed by atoms with Gasteiger partial charge in [0, 0.05) is 37.6 Å². The molecule has 3 saturated heterocycles. The zero-order valence-corrected chi connectivity index (χ0v) is 25.0. The number of thioether (sulfide) groups is 1. The van der Waals surface area contributed by atoms with Crippen molar-refractivity contribution in [2.45, 2.75) is 54.0 Å². The van der Waals surface area contributed by atoms with Gasteiger partial charge in [0.15, 0.2) is 10.5 Å². The van der Waals surface area contributed by atoms with E-state index in [1.807, 2.05) is 49.1 Å². The van der Waals surface area contributed by atoms with Crippen molar-refractivity contribution in [2.24, 2.45) is 11.7 Å². The monoisotopic (exact) mass is 600 g/mol. The Morgan fingerprint density at radius 1 is 1.12 bits per heavy atom. The molecule has 6 rings (SSSR count). The maximum absolute atomic E-state index is 15.3. The number of benzene rings is 1. The van der Waals surface area contributed by atoms with Crippen LogP contribution in [0.1, 0.15) is 20.8 Å². The Hall–Kier alpha value is -2.97. The van der Waals surface area contributed by atoms with E-state index in [4.69, 9.17) is 24.7 Å². The lowest BCUT2D eigenvalue weighted by Gasteiger charge is -2.49. The van der Waals surface area contributed by atoms with Gasteiger partial charge in [-0.25, -0.2) is 4.79 Å². The SMILES string of the molecule is CCN(CC)CC1(Sc2ccccc2)C(=O)C2=C(C(=O)C13OCCO3)[C@@H](COC(N)=O)[C@@]1(OC)[C@@H]3[C@H](CN21)N3C(C)=O. The van der Waals surface area contributed by atoms with Crippen LogP contribution < -0.4 is 5.73 Å². The van der Waals surface area contributed by atoms with Crippen LogP contribution in [0.3, 0.4) is 0 Å². The summed E-state index contributed by atoms with van der Waals surface area (Å²) in [7, 11) is 1.48. The average Bonchev–Trinajstić information content (AvgIpc) is 3.26. The number of rotatable bonds is 9. The van der Waals surface area contributed by atoms with Crippen molar-refractivity contribution >= 4 is 35.3 Å². The standard InChI is InChI=1S/C29H36N4O8S/c1-5-31(6-2)16-27(42-18-10-8-7-9-11-18)25(36)22-21(24(35)29(27)40-12-13-41-29)19(15-39-26(30)37)28(38-4)23-20(14-32(22)28)33(23)17(3)34/h7-11,19-20,23H,5-6,12-16H2,1-4H3,(H2,30,37)/t19-,20+,23+,27?,28-,33?/m1/s1. The molecule has 1 unspecified atom stereocenters. The van der Waals surface area contributed by atoms with E-state index in [-0.39, 0.29) is 61.9 Å². The molecule has 2 amide bonds. The van der Waals surface area contributed by atoms with Crippen LogP contribution in [-0.2, 0) is 33.3 Å². The second kappa shape index (κ2) is 10.3. The zero-order chi connectivity index (χ0) is 30.0. The first-order chi connectivity index (χ1) is 20.1. The molecule has 1 aromatic carbocycles. The highest BCUT2D eigenvalue weighted by Gasteiger charge is 2.81. The van der Waals surface area contributed by atoms with Gasteiger partial charge in [0.25, 0.3) is 5.79 Å². The quantitative estimate of drug-likeness (QED) is 0.406. The number of hydrogen-bond acceptors (Lipinski definition) is 11. The number of ether oxygens (including phenoxy) is 4. The summed E-state index contributed by atoms with van der Waals surface area (Å²) in [5.74, 6) is -3.82. The van der Waals surface area contributed by atoms with E-state index in [2.05, 4.69) is 4.90 Å². The molecule has 4 aliphatic heterocycles. The van der Waals surface area contributed by atoms with E-state index in [1.54, 1.807) is 4.90 Å². The lowest BCUT2D eigenvalue weighted by molar-refractivity contribution is -0.194. The first kappa shape index (κ1) is 29.1. The van der Waals surface area contributed by atoms with Gasteiger partial charge in [-0.05, 0) is 25.2 Å². The van der Waals surface area contributed by atoms with Crippen molar-refractivity contribution in [3.8, 4) is 0 Å². The van der Waals surface area contributed by atoms with E-state index < -0.39 is 40.1 Å². The van der Waals surface area contributed by atoms with Gasteiger partial charge in [0.1, 0.15) is 12.6 Å². The summed E-state index contributed by atoms with van der Waals surface area (Å²) >= 11 is 1.27. The smallest absolute Gasteiger partial charge is 0.404 e. The number of ketones is 2. The number of fused-ring (bicyclic) bond motifs is 4. The minimum Gasteiger partial charge on any atom is -0.449 e. The van der Waals surface area contributed by atoms with Crippen molar-refractivity contribution in [1.29, 1.82) is 0 Å². The third-order valence-electron chi connectivity index (χ3n) is 9.33. The Morgan fingerprint density at radius 2 is 1.79 bits per heavy atom. The largest absolute Gasteiger partial charge is 0.449 e. The number of carbonyl (C=O) groups is 4. The van der Waals surface area contributed by atoms with Crippen molar-refractivity contribution in [3.05, 3.63) is 41.6 Å². The predicted molar refractivity (Wildman–Crippen MR) is 150 cm³/mol. The summed E-state index contributed by atoms with van der Waals surface area (Å²) in [6.45, 7) is 7.14. The van der Waals surface area contributed by atoms with Crippen LogP contribution in [-0.4, -0.2) is 120 Å². The van der Waals surface area contributed by atoms with Crippen molar-refractivity contribution in [1.82, 2.24) is 14.7 Å². The number of piperazine rings is 1. The molecule has 0 radical (unpaired) electrons. The molecule has 42 heavy (non-hydrogen) atoms. The fourth-order valence-corrected chi connectivity index (χ4v) is 9.02. The highest BCUT2D eigenvalue weighted by Crippen LogP contribution is 2.63. The predicted octanol–water partition coefficient (Wildman–Crippen LogP) is 0.991. The Bertz CT molecular complexity index is 1350. The van der Waals surface area contributed by atoms with Crippen LogP contribution in [0.15, 0.2) is 46.5 Å². The molecular formula is C29H36N4O8S. The van der Waals surface area contributed by atoms with Crippen LogP contribution in [0.4, 0.5) is 4.79 Å². The van der Waals surface area contributed by atoms with Crippen molar-refractivity contribution in [3.63, 3.8) is 0 Å². The van der Waals surface area contributed by atoms with Gasteiger partial charge >= 0.3 is 6.09 Å². The number of nitrogens with zero attached hydrogens (tertiary/aromatic N) is 3. The molecule has 1 aromatic rings. The Labute approximate surface area is 248 Å². The Kier molecular flexibility index (Phi) is 7.17. The first-order valence-electron chi connectivity index (χ1n) is 14.3. The summed E-state index contributed by atoms with van der Waals surface area (Å²) in [6.07, 6.45) is -1.02. The Morgan fingerprint density at radius 3 is 2.36 bits per heavy atom. The molecule has 5 aliphatic rings. The highest BCUT2D eigenvalue weighted by atomic mass is 32.2. The van der Waals surface area contributed by atoms with Crippen LogP contribution >= 0.6 is 11.8 Å². The number of hydrogen-bond donors (Lipinski definition) is 1. The summed E-state index contributed by atoms with van der Waals surface area (Å²) in [4.78, 5) is 61.0. The lowest BCUT2D eigenvalue weighted by Crippen LogP contribution is -2.70. The molecule has 0 saturated carbocycles. The minimum absolute atomic E-state index is 0.126. The van der Waals surface area contributed by atoms with E-state index in [0.717, 1.165) is 4.90 Å². The summed E-state index contributed by atoms with van der Waals surface area (Å²) in [5.41, 5.74) is 4.38. The maximum Gasteiger partial charge on any atom is 0.404 e. The number of carbonyl (C=O) groups excluding carboxylic acids is 4. The van der Waals surface area contributed by atoms with Gasteiger partial charge in [0.2, 0.25) is 17.5 Å². The summed E-state index contributed by atoms with van der Waals surface area (Å²) in [6, 6.07) is 8.77. The van der Waals surface area contributed by atoms with Gasteiger partial charge < -0.3 is 39.4 Å². The van der Waals surface area contributed by atoms with Crippen LogP contribution in [0.25, 0.3) is 0 Å². The summed E-state index contributed by atoms with van der Waals surface area (Å²) in [5, 5.41) is 0. The number of allylic oxidation sites excluding steroid dienone is 1. The number of methoxy groups -OCH3 is 1. The van der Waals surface area contributed by atoms with E-state index >= 15 is 4.79 Å². The number of nitrogens with two attached hydrogens (primary N) is 1. The van der Waals surface area contributed by atoms with E-state index in [1.165, 1.54) is 25.8 Å². The topological polar surface area (TPSA) is 141 Å². The van der Waals surface area contributed by atoms with Gasteiger partial charge in [-0.2, -0.15) is 0 Å². The first-order valence-corrected chi connectivity index (χ1v) is 15.1. The van der Waals surface area contributed by atoms with Crippen LogP contribution in [0.2, 0.25) is 0 Å². The molecule has 3 fully saturated rings. The highest BCUT2D eigenvalue weighted by molar-refractivity contribution is 8.01. The molecule has 1 aliphatic carbocycles. The van der Waals surface area contributed by atoms with E-state index in [9.17, 15) is 14.4 Å². The molecular weight excluding hydrogens is 564 g/mol. The van der Waals surface area contributed by atoms with Gasteiger partial charge in [-0.1, -0.05) is 32.0 Å². The molecule has 4 heterocycles. The number of Topliss-reactive ketones (excluding diaryl/α,β-unsaturated/α-hetero) is 2. The van der Waals surface area contributed by atoms with Crippen molar-refractivity contribution < 1.29 is 38.1 Å². The molecule has 12 nitrogen and oxygen atoms in total.